The minimum atomic E-state index is 0.254. The van der Waals surface area contributed by atoms with Crippen LogP contribution in [0.15, 0.2) is 0 Å². The number of nitrogens with zero attached hydrogens (tertiary/aromatic N) is 1. The van der Waals surface area contributed by atoms with E-state index in [-0.39, 0.29) is 5.54 Å². The van der Waals surface area contributed by atoms with E-state index < -0.39 is 0 Å². The van der Waals surface area contributed by atoms with E-state index in [4.69, 9.17) is 5.73 Å². The molecule has 1 heterocycles. The van der Waals surface area contributed by atoms with Gasteiger partial charge in [-0.3, -0.25) is 4.90 Å². The molecule has 0 bridgehead atoms. The van der Waals surface area contributed by atoms with Crippen LogP contribution in [0.4, 0.5) is 0 Å². The molecule has 1 unspecified atom stereocenters. The molecule has 1 rings (SSSR count). The van der Waals surface area contributed by atoms with Crippen molar-refractivity contribution in [3.05, 3.63) is 0 Å². The molecule has 0 radical (unpaired) electrons. The van der Waals surface area contributed by atoms with Crippen molar-refractivity contribution in [2.45, 2.75) is 51.5 Å². The number of likely N-dealkylation sites (tertiary alicyclic amines) is 1. The predicted octanol–water partition coefficient (Wildman–Crippen LogP) is 1.99. The van der Waals surface area contributed by atoms with E-state index in [2.05, 4.69) is 18.7 Å². The van der Waals surface area contributed by atoms with Crippen molar-refractivity contribution in [3.63, 3.8) is 0 Å². The van der Waals surface area contributed by atoms with Crippen molar-refractivity contribution in [3.8, 4) is 0 Å². The van der Waals surface area contributed by atoms with Crippen LogP contribution in [-0.4, -0.2) is 30.1 Å². The summed E-state index contributed by atoms with van der Waals surface area (Å²) >= 11 is 0. The van der Waals surface area contributed by atoms with Crippen LogP contribution in [0.2, 0.25) is 0 Å². The van der Waals surface area contributed by atoms with Gasteiger partial charge in [-0.25, -0.2) is 0 Å². The van der Waals surface area contributed by atoms with Gasteiger partial charge in [0.25, 0.3) is 0 Å². The van der Waals surface area contributed by atoms with Crippen LogP contribution in [-0.2, 0) is 0 Å². The molecule has 0 aliphatic carbocycles. The monoisotopic (exact) mass is 184 g/mol. The van der Waals surface area contributed by atoms with Gasteiger partial charge in [0.05, 0.1) is 0 Å². The predicted molar refractivity (Wildman–Crippen MR) is 57.8 cm³/mol. The summed E-state index contributed by atoms with van der Waals surface area (Å²) in [5.41, 5.74) is 6.11. The molecule has 1 saturated heterocycles. The average molecular weight is 184 g/mol. The first-order valence-electron chi connectivity index (χ1n) is 5.68. The molecule has 2 N–H and O–H groups in total. The number of hydrogen-bond acceptors (Lipinski definition) is 2. The Bertz CT molecular complexity index is 133. The Labute approximate surface area is 82.5 Å². The van der Waals surface area contributed by atoms with E-state index >= 15 is 0 Å². The van der Waals surface area contributed by atoms with Gasteiger partial charge in [0.15, 0.2) is 0 Å². The lowest BCUT2D eigenvalue weighted by Gasteiger charge is -2.39. The highest BCUT2D eigenvalue weighted by molar-refractivity contribution is 4.86. The minimum Gasteiger partial charge on any atom is -0.329 e. The second-order valence-corrected chi connectivity index (χ2v) is 4.46. The molecule has 1 aliphatic rings. The molecule has 0 saturated carbocycles. The zero-order chi connectivity index (χ0) is 9.73. The maximum Gasteiger partial charge on any atom is 0.0300 e. The second kappa shape index (κ2) is 4.97. The van der Waals surface area contributed by atoms with Gasteiger partial charge >= 0.3 is 0 Å². The lowest BCUT2D eigenvalue weighted by Crippen LogP contribution is -2.51. The third-order valence-corrected chi connectivity index (χ3v) is 3.57. The molecular formula is C11H24N2. The first kappa shape index (κ1) is 11.0. The van der Waals surface area contributed by atoms with E-state index in [9.17, 15) is 0 Å². The Balaban J connectivity index is 2.55. The normalized spacial score (nSPS) is 25.2. The number of nitrogens with two attached hydrogens (primary N) is 1. The Morgan fingerprint density at radius 1 is 1.15 bits per heavy atom. The summed E-state index contributed by atoms with van der Waals surface area (Å²) in [5.74, 6) is 0. The highest BCUT2D eigenvalue weighted by atomic mass is 15.2. The largest absolute Gasteiger partial charge is 0.329 e. The summed E-state index contributed by atoms with van der Waals surface area (Å²) in [4.78, 5) is 2.60. The molecule has 0 amide bonds. The lowest BCUT2D eigenvalue weighted by atomic mass is 9.96. The van der Waals surface area contributed by atoms with Crippen LogP contribution in [0.25, 0.3) is 0 Å². The lowest BCUT2D eigenvalue weighted by molar-refractivity contribution is 0.111. The fourth-order valence-corrected chi connectivity index (χ4v) is 2.11. The Hall–Kier alpha value is -0.0800. The highest BCUT2D eigenvalue weighted by Gasteiger charge is 2.28. The summed E-state index contributed by atoms with van der Waals surface area (Å²) in [7, 11) is 0. The Morgan fingerprint density at radius 2 is 1.69 bits per heavy atom. The Kier molecular flexibility index (Phi) is 4.20. The molecule has 1 fully saturated rings. The van der Waals surface area contributed by atoms with Gasteiger partial charge in [0, 0.05) is 12.1 Å². The van der Waals surface area contributed by atoms with Crippen molar-refractivity contribution >= 4 is 0 Å². The third kappa shape index (κ3) is 2.68. The number of rotatable bonds is 3. The van der Waals surface area contributed by atoms with Crippen molar-refractivity contribution in [2.24, 2.45) is 5.73 Å². The van der Waals surface area contributed by atoms with Crippen LogP contribution in [0.1, 0.15) is 46.0 Å². The van der Waals surface area contributed by atoms with Crippen molar-refractivity contribution in [2.75, 3.05) is 19.6 Å². The van der Waals surface area contributed by atoms with Gasteiger partial charge in [0.2, 0.25) is 0 Å². The smallest absolute Gasteiger partial charge is 0.0300 e. The standard InChI is InChI=1S/C11H24N2/c1-3-11(2,10-12)13-8-6-4-5-7-9-13/h3-10,12H2,1-2H3. The minimum absolute atomic E-state index is 0.254. The van der Waals surface area contributed by atoms with Crippen LogP contribution in [0, 0.1) is 0 Å². The SMILES string of the molecule is CCC(C)(CN)N1CCCCCC1. The summed E-state index contributed by atoms with van der Waals surface area (Å²) < 4.78 is 0. The molecule has 0 aromatic rings. The summed E-state index contributed by atoms with van der Waals surface area (Å²) in [6.45, 7) is 7.85. The first-order valence-corrected chi connectivity index (χ1v) is 5.68. The van der Waals surface area contributed by atoms with Crippen LogP contribution >= 0.6 is 0 Å². The highest BCUT2D eigenvalue weighted by Crippen LogP contribution is 2.22. The topological polar surface area (TPSA) is 29.3 Å². The van der Waals surface area contributed by atoms with Crippen molar-refractivity contribution < 1.29 is 0 Å². The van der Waals surface area contributed by atoms with Gasteiger partial charge in [0.1, 0.15) is 0 Å². The molecule has 1 aliphatic heterocycles. The van der Waals surface area contributed by atoms with Crippen LogP contribution in [0.5, 0.6) is 0 Å². The quantitative estimate of drug-likeness (QED) is 0.727. The maximum absolute atomic E-state index is 5.86. The summed E-state index contributed by atoms with van der Waals surface area (Å²) in [6, 6.07) is 0. The molecule has 0 aromatic heterocycles. The number of hydrogen-bond donors (Lipinski definition) is 1. The molecule has 2 heteroatoms. The van der Waals surface area contributed by atoms with Crippen molar-refractivity contribution in [1.29, 1.82) is 0 Å². The molecule has 2 nitrogen and oxygen atoms in total. The molecule has 13 heavy (non-hydrogen) atoms. The van der Waals surface area contributed by atoms with Crippen molar-refractivity contribution in [1.82, 2.24) is 4.90 Å². The molecular weight excluding hydrogens is 160 g/mol. The van der Waals surface area contributed by atoms with E-state index in [0.29, 0.717) is 0 Å². The zero-order valence-corrected chi connectivity index (χ0v) is 9.18. The maximum atomic E-state index is 5.86. The van der Waals surface area contributed by atoms with E-state index in [1.807, 2.05) is 0 Å². The fraction of sp³-hybridized carbons (Fsp3) is 1.00. The van der Waals surface area contributed by atoms with Gasteiger partial charge in [-0.15, -0.1) is 0 Å². The molecule has 0 spiro atoms. The van der Waals surface area contributed by atoms with Crippen LogP contribution in [0.3, 0.4) is 0 Å². The van der Waals surface area contributed by atoms with E-state index in [1.54, 1.807) is 0 Å². The zero-order valence-electron chi connectivity index (χ0n) is 9.18. The summed E-state index contributed by atoms with van der Waals surface area (Å²) in [6.07, 6.45) is 6.69. The van der Waals surface area contributed by atoms with E-state index in [1.165, 1.54) is 45.2 Å². The molecule has 0 aromatic carbocycles. The first-order chi connectivity index (χ1) is 6.23. The Morgan fingerprint density at radius 3 is 2.08 bits per heavy atom. The molecule has 1 atom stereocenters. The molecule has 78 valence electrons. The van der Waals surface area contributed by atoms with Gasteiger partial charge < -0.3 is 5.73 Å². The third-order valence-electron chi connectivity index (χ3n) is 3.57. The fourth-order valence-electron chi connectivity index (χ4n) is 2.11. The van der Waals surface area contributed by atoms with E-state index in [0.717, 1.165) is 6.54 Å². The van der Waals surface area contributed by atoms with Crippen LogP contribution < -0.4 is 5.73 Å². The second-order valence-electron chi connectivity index (χ2n) is 4.46. The van der Waals surface area contributed by atoms with Gasteiger partial charge in [-0.05, 0) is 39.3 Å². The summed E-state index contributed by atoms with van der Waals surface area (Å²) in [5, 5.41) is 0. The average Bonchev–Trinajstić information content (AvgIpc) is 2.45. The van der Waals surface area contributed by atoms with Gasteiger partial charge in [-0.2, -0.15) is 0 Å². The van der Waals surface area contributed by atoms with Gasteiger partial charge in [-0.1, -0.05) is 19.8 Å².